The summed E-state index contributed by atoms with van der Waals surface area (Å²) in [6.07, 6.45) is -4.71. The van der Waals surface area contributed by atoms with Gasteiger partial charge in [-0.1, -0.05) is 23.7 Å². The summed E-state index contributed by atoms with van der Waals surface area (Å²) >= 11 is 6.07. The van der Waals surface area contributed by atoms with Crippen LogP contribution >= 0.6 is 11.6 Å². The molecule has 13 heteroatoms. The van der Waals surface area contributed by atoms with Crippen LogP contribution in [0, 0.1) is 0 Å². The van der Waals surface area contributed by atoms with Gasteiger partial charge < -0.3 is 19.9 Å². The Morgan fingerprint density at radius 3 is 2.74 bits per heavy atom. The van der Waals surface area contributed by atoms with Crippen LogP contribution in [0.25, 0.3) is 11.2 Å². The van der Waals surface area contributed by atoms with Crippen molar-refractivity contribution in [2.45, 2.75) is 45.0 Å². The summed E-state index contributed by atoms with van der Waals surface area (Å²) in [6, 6.07) is 6.90. The quantitative estimate of drug-likeness (QED) is 0.507. The maximum absolute atomic E-state index is 15.2. The molecular formula is C21H21ClFN5O6. The molecule has 0 spiro atoms. The van der Waals surface area contributed by atoms with Gasteiger partial charge in [-0.15, -0.1) is 0 Å². The van der Waals surface area contributed by atoms with Crippen LogP contribution in [0.3, 0.4) is 0 Å². The molecule has 0 bridgehead atoms. The molecule has 180 valence electrons. The number of anilines is 1. The third-order valence-electron chi connectivity index (χ3n) is 5.23. The van der Waals surface area contributed by atoms with Crippen LogP contribution in [-0.4, -0.2) is 56.0 Å². The molecule has 0 saturated carbocycles. The lowest BCUT2D eigenvalue weighted by atomic mass is 10.1. The molecule has 1 aromatic carbocycles. The number of hydrogen-bond donors (Lipinski definition) is 1. The molecular weight excluding hydrogens is 473 g/mol. The Labute approximate surface area is 197 Å². The van der Waals surface area contributed by atoms with Crippen molar-refractivity contribution < 1.29 is 28.2 Å². The lowest BCUT2D eigenvalue weighted by molar-refractivity contribution is -0.154. The van der Waals surface area contributed by atoms with Gasteiger partial charge in [-0.25, -0.2) is 18.7 Å². The molecule has 2 aromatic heterocycles. The SMILES string of the molecule is CC(=O)OC[C@H]1O[C@@H](n2c(=O)n(Cc3cccc(Cl)c3)c3cnc(N)nc32)[C@H](OC(C)=O)[C@@H]1F. The molecule has 0 unspecified atom stereocenters. The van der Waals surface area contributed by atoms with Gasteiger partial charge in [0.1, 0.15) is 18.2 Å². The van der Waals surface area contributed by atoms with E-state index in [0.717, 1.165) is 18.4 Å². The largest absolute Gasteiger partial charge is 0.463 e. The molecule has 1 aliphatic heterocycles. The van der Waals surface area contributed by atoms with Crippen LogP contribution in [-0.2, 0) is 30.3 Å². The fourth-order valence-electron chi connectivity index (χ4n) is 3.82. The first kappa shape index (κ1) is 23.6. The Hall–Kier alpha value is -3.51. The number of nitrogen functional groups attached to an aromatic ring is 1. The number of rotatable bonds is 6. The zero-order valence-corrected chi connectivity index (χ0v) is 18.9. The van der Waals surface area contributed by atoms with Gasteiger partial charge in [0.25, 0.3) is 0 Å². The predicted molar refractivity (Wildman–Crippen MR) is 118 cm³/mol. The highest BCUT2D eigenvalue weighted by atomic mass is 35.5. The highest BCUT2D eigenvalue weighted by molar-refractivity contribution is 6.30. The van der Waals surface area contributed by atoms with Crippen molar-refractivity contribution in [2.75, 3.05) is 12.3 Å². The molecule has 1 fully saturated rings. The smallest absolute Gasteiger partial charge is 0.332 e. The lowest BCUT2D eigenvalue weighted by Gasteiger charge is -2.19. The van der Waals surface area contributed by atoms with Crippen LogP contribution in [0.15, 0.2) is 35.3 Å². The van der Waals surface area contributed by atoms with Crippen LogP contribution in [0.1, 0.15) is 25.6 Å². The summed E-state index contributed by atoms with van der Waals surface area (Å²) in [6.45, 7) is 1.93. The fourth-order valence-corrected chi connectivity index (χ4v) is 4.04. The van der Waals surface area contributed by atoms with Crippen LogP contribution < -0.4 is 11.4 Å². The molecule has 1 aliphatic rings. The summed E-state index contributed by atoms with van der Waals surface area (Å²) in [7, 11) is 0. The topological polar surface area (TPSA) is 141 Å². The number of halogens is 2. The Morgan fingerprint density at radius 2 is 2.06 bits per heavy atom. The van der Waals surface area contributed by atoms with Crippen molar-refractivity contribution in [1.29, 1.82) is 0 Å². The maximum atomic E-state index is 15.2. The zero-order chi connectivity index (χ0) is 24.6. The number of nitrogens with two attached hydrogens (primary N) is 1. The first-order chi connectivity index (χ1) is 16.2. The van der Waals surface area contributed by atoms with Crippen molar-refractivity contribution in [3.8, 4) is 0 Å². The predicted octanol–water partition coefficient (Wildman–Crippen LogP) is 1.61. The third kappa shape index (κ3) is 4.59. The van der Waals surface area contributed by atoms with Crippen molar-refractivity contribution in [1.82, 2.24) is 19.1 Å². The fraction of sp³-hybridized carbons (Fsp3) is 0.381. The summed E-state index contributed by atoms with van der Waals surface area (Å²) in [5.74, 6) is -1.55. The summed E-state index contributed by atoms with van der Waals surface area (Å²) in [4.78, 5) is 44.6. The monoisotopic (exact) mass is 493 g/mol. The standard InChI is InChI=1S/C21H21ClFN5O6/c1-10(29)32-9-15-16(23)17(33-11(2)30)19(34-15)28-18-14(7-25-20(24)26-18)27(21(28)31)8-12-4-3-5-13(22)6-12/h3-7,15-17,19H,8-9H2,1-2H3,(H2,24,25,26)/t15-,16-,17-,19-/m1/s1. The second-order valence-electron chi connectivity index (χ2n) is 7.69. The number of carbonyl (C=O) groups is 2. The van der Waals surface area contributed by atoms with E-state index in [1.165, 1.54) is 10.8 Å². The Morgan fingerprint density at radius 1 is 1.29 bits per heavy atom. The van der Waals surface area contributed by atoms with Crippen LogP contribution in [0.4, 0.5) is 10.3 Å². The molecule has 3 heterocycles. The van der Waals surface area contributed by atoms with Crippen molar-refractivity contribution in [3.63, 3.8) is 0 Å². The summed E-state index contributed by atoms with van der Waals surface area (Å²) in [5, 5.41) is 0.484. The zero-order valence-electron chi connectivity index (χ0n) is 18.2. The van der Waals surface area contributed by atoms with E-state index in [1.54, 1.807) is 24.3 Å². The lowest BCUT2D eigenvalue weighted by Crippen LogP contribution is -2.37. The van der Waals surface area contributed by atoms with Crippen LogP contribution in [0.2, 0.25) is 5.02 Å². The molecule has 0 amide bonds. The number of hydrogen-bond acceptors (Lipinski definition) is 9. The molecule has 0 aliphatic carbocycles. The van der Waals surface area contributed by atoms with Gasteiger partial charge >= 0.3 is 17.6 Å². The van der Waals surface area contributed by atoms with E-state index in [4.69, 9.17) is 31.5 Å². The first-order valence-electron chi connectivity index (χ1n) is 10.2. The van der Waals surface area contributed by atoms with Gasteiger partial charge in [0.15, 0.2) is 24.2 Å². The van der Waals surface area contributed by atoms with E-state index in [9.17, 15) is 14.4 Å². The second-order valence-corrected chi connectivity index (χ2v) is 8.13. The van der Waals surface area contributed by atoms with E-state index in [0.29, 0.717) is 16.1 Å². The van der Waals surface area contributed by atoms with E-state index >= 15 is 4.39 Å². The number of benzene rings is 1. The number of carbonyl (C=O) groups excluding carboxylic acids is 2. The van der Waals surface area contributed by atoms with E-state index < -0.39 is 48.8 Å². The van der Waals surface area contributed by atoms with E-state index in [-0.39, 0.29) is 18.1 Å². The number of ether oxygens (including phenoxy) is 3. The minimum absolute atomic E-state index is 0.0574. The van der Waals surface area contributed by atoms with Crippen LogP contribution in [0.5, 0.6) is 0 Å². The average Bonchev–Trinajstić information content (AvgIpc) is 3.19. The van der Waals surface area contributed by atoms with Gasteiger partial charge in [-0.3, -0.25) is 14.2 Å². The highest BCUT2D eigenvalue weighted by Crippen LogP contribution is 2.35. The van der Waals surface area contributed by atoms with E-state index in [1.807, 2.05) is 0 Å². The van der Waals surface area contributed by atoms with E-state index in [2.05, 4.69) is 9.97 Å². The number of aromatic nitrogens is 4. The molecule has 3 aromatic rings. The van der Waals surface area contributed by atoms with Gasteiger partial charge in [-0.2, -0.15) is 4.98 Å². The normalized spacial score (nSPS) is 22.1. The minimum atomic E-state index is -1.88. The summed E-state index contributed by atoms with van der Waals surface area (Å²) < 4.78 is 33.4. The van der Waals surface area contributed by atoms with Gasteiger partial charge in [0.2, 0.25) is 5.95 Å². The molecule has 34 heavy (non-hydrogen) atoms. The maximum Gasteiger partial charge on any atom is 0.332 e. The number of nitrogens with zero attached hydrogens (tertiary/aromatic N) is 4. The molecule has 2 N–H and O–H groups in total. The van der Waals surface area contributed by atoms with Gasteiger partial charge in [-0.05, 0) is 17.7 Å². The number of alkyl halides is 1. The minimum Gasteiger partial charge on any atom is -0.463 e. The van der Waals surface area contributed by atoms with Crippen molar-refractivity contribution in [3.05, 3.63) is 51.5 Å². The first-order valence-corrected chi connectivity index (χ1v) is 10.6. The Kier molecular flexibility index (Phi) is 6.53. The Balaban J connectivity index is 1.82. The average molecular weight is 494 g/mol. The molecule has 4 rings (SSSR count). The number of imidazole rings is 1. The molecule has 4 atom stereocenters. The number of fused-ring (bicyclic) bond motifs is 1. The molecule has 1 saturated heterocycles. The number of esters is 2. The van der Waals surface area contributed by atoms with Gasteiger partial charge in [0, 0.05) is 18.9 Å². The van der Waals surface area contributed by atoms with Crippen molar-refractivity contribution in [2.24, 2.45) is 0 Å². The second kappa shape index (κ2) is 9.39. The summed E-state index contributed by atoms with van der Waals surface area (Å²) in [5.41, 5.74) is 6.19. The van der Waals surface area contributed by atoms with Crippen molar-refractivity contribution >= 4 is 40.7 Å². The molecule has 0 radical (unpaired) electrons. The Bertz CT molecular complexity index is 1310. The highest BCUT2D eigenvalue weighted by Gasteiger charge is 2.50. The molecule has 11 nitrogen and oxygen atoms in total. The van der Waals surface area contributed by atoms with Gasteiger partial charge in [0.05, 0.1) is 12.7 Å². The third-order valence-corrected chi connectivity index (χ3v) is 5.46.